The molecule has 2 heterocycles. The molecule has 0 saturated carbocycles. The molecule has 4 heteroatoms. The number of hydrogen-bond acceptors (Lipinski definition) is 2. The molecule has 1 spiro atoms. The normalized spacial score (nSPS) is 20.6. The lowest BCUT2D eigenvalue weighted by Gasteiger charge is -2.60. The summed E-state index contributed by atoms with van der Waals surface area (Å²) in [5, 5.41) is 0.717. The molecule has 2 aliphatic rings. The number of nitrogens with zero attached hydrogens (tertiary/aromatic N) is 2. The van der Waals surface area contributed by atoms with Crippen molar-refractivity contribution in [2.75, 3.05) is 32.7 Å². The molecule has 0 N–H and O–H groups in total. The first-order valence-corrected chi connectivity index (χ1v) is 7.73. The van der Waals surface area contributed by atoms with Gasteiger partial charge in [0.25, 0.3) is 0 Å². The Kier molecular flexibility index (Phi) is 3.74. The monoisotopic (exact) mass is 292 g/mol. The van der Waals surface area contributed by atoms with Gasteiger partial charge in [-0.25, -0.2) is 0 Å². The molecular weight excluding hydrogens is 272 g/mol. The van der Waals surface area contributed by atoms with Gasteiger partial charge in [0.1, 0.15) is 0 Å². The molecule has 1 amide bonds. The fourth-order valence-corrected chi connectivity index (χ4v) is 3.53. The van der Waals surface area contributed by atoms with Crippen LogP contribution in [0.3, 0.4) is 0 Å². The Morgan fingerprint density at radius 3 is 2.45 bits per heavy atom. The van der Waals surface area contributed by atoms with Crippen molar-refractivity contribution in [1.82, 2.24) is 9.80 Å². The van der Waals surface area contributed by atoms with Gasteiger partial charge in [0.2, 0.25) is 5.91 Å². The first-order chi connectivity index (χ1) is 9.60. The highest BCUT2D eigenvalue weighted by Crippen LogP contribution is 2.39. The zero-order valence-corrected chi connectivity index (χ0v) is 12.7. The molecule has 20 heavy (non-hydrogen) atoms. The van der Waals surface area contributed by atoms with Crippen LogP contribution in [0.4, 0.5) is 0 Å². The molecule has 2 saturated heterocycles. The molecule has 0 aliphatic carbocycles. The zero-order valence-electron chi connectivity index (χ0n) is 11.9. The molecule has 0 aromatic heterocycles. The van der Waals surface area contributed by atoms with Crippen molar-refractivity contribution in [1.29, 1.82) is 0 Å². The maximum absolute atomic E-state index is 12.2. The van der Waals surface area contributed by atoms with E-state index in [0.717, 1.165) is 23.7 Å². The lowest BCUT2D eigenvalue weighted by atomic mass is 9.72. The van der Waals surface area contributed by atoms with Crippen molar-refractivity contribution in [3.05, 3.63) is 34.9 Å². The van der Waals surface area contributed by atoms with Crippen LogP contribution >= 0.6 is 11.6 Å². The van der Waals surface area contributed by atoms with Crippen LogP contribution in [0.2, 0.25) is 5.02 Å². The summed E-state index contributed by atoms with van der Waals surface area (Å²) < 4.78 is 0. The summed E-state index contributed by atoms with van der Waals surface area (Å²) >= 11 is 5.85. The summed E-state index contributed by atoms with van der Waals surface area (Å²) in [5.41, 5.74) is 1.46. The second-order valence-electron chi connectivity index (χ2n) is 6.26. The van der Waals surface area contributed by atoms with Crippen molar-refractivity contribution in [3.63, 3.8) is 0 Å². The largest absolute Gasteiger partial charge is 0.341 e. The molecule has 2 fully saturated rings. The minimum absolute atomic E-state index is 0.242. The van der Waals surface area contributed by atoms with Crippen molar-refractivity contribution >= 4 is 17.5 Å². The van der Waals surface area contributed by atoms with E-state index in [1.54, 1.807) is 0 Å². The van der Waals surface area contributed by atoms with E-state index in [1.165, 1.54) is 26.1 Å². The van der Waals surface area contributed by atoms with Crippen molar-refractivity contribution in [2.45, 2.75) is 19.8 Å². The third-order valence-corrected chi connectivity index (χ3v) is 4.58. The number of hydrogen-bond donors (Lipinski definition) is 0. The third-order valence-electron chi connectivity index (χ3n) is 4.33. The maximum Gasteiger partial charge on any atom is 0.227 e. The van der Waals surface area contributed by atoms with Crippen molar-refractivity contribution in [3.8, 4) is 0 Å². The van der Waals surface area contributed by atoms with Gasteiger partial charge in [-0.1, -0.05) is 30.7 Å². The molecule has 3 rings (SSSR count). The molecule has 1 aromatic carbocycles. The number of carbonyl (C=O) groups excluding carboxylic acids is 1. The van der Waals surface area contributed by atoms with Gasteiger partial charge in [-0.3, -0.25) is 4.79 Å². The minimum atomic E-state index is 0.242. The molecule has 0 atom stereocenters. The van der Waals surface area contributed by atoms with Crippen LogP contribution in [0.15, 0.2) is 24.3 Å². The van der Waals surface area contributed by atoms with E-state index < -0.39 is 0 Å². The first-order valence-electron chi connectivity index (χ1n) is 7.35. The van der Waals surface area contributed by atoms with Gasteiger partial charge < -0.3 is 9.80 Å². The quantitative estimate of drug-likeness (QED) is 0.851. The van der Waals surface area contributed by atoms with Crippen LogP contribution < -0.4 is 0 Å². The van der Waals surface area contributed by atoms with E-state index in [0.29, 0.717) is 11.8 Å². The molecule has 108 valence electrons. The Hall–Kier alpha value is -1.06. The predicted molar refractivity (Wildman–Crippen MR) is 80.9 cm³/mol. The number of amides is 1. The summed E-state index contributed by atoms with van der Waals surface area (Å²) in [7, 11) is 0. The van der Waals surface area contributed by atoms with Gasteiger partial charge >= 0.3 is 0 Å². The lowest BCUT2D eigenvalue weighted by molar-refractivity contribution is -0.158. The number of rotatable bonds is 4. The molecule has 2 aliphatic heterocycles. The highest BCUT2D eigenvalue weighted by atomic mass is 35.5. The highest BCUT2D eigenvalue weighted by Gasteiger charge is 2.52. The van der Waals surface area contributed by atoms with E-state index in [9.17, 15) is 4.79 Å². The van der Waals surface area contributed by atoms with Gasteiger partial charge in [0.15, 0.2) is 0 Å². The van der Waals surface area contributed by atoms with Crippen molar-refractivity contribution in [2.24, 2.45) is 5.41 Å². The first kappa shape index (κ1) is 13.9. The highest BCUT2D eigenvalue weighted by molar-refractivity contribution is 6.30. The predicted octanol–water partition coefficient (Wildman–Crippen LogP) is 2.44. The number of likely N-dealkylation sites (tertiary alicyclic amines) is 2. The van der Waals surface area contributed by atoms with Crippen LogP contribution in [0, 0.1) is 5.41 Å². The Morgan fingerprint density at radius 2 is 1.85 bits per heavy atom. The number of carbonyl (C=O) groups is 1. The maximum atomic E-state index is 12.2. The van der Waals surface area contributed by atoms with Gasteiger partial charge in [-0.15, -0.1) is 0 Å². The molecule has 1 aromatic rings. The molecule has 0 unspecified atom stereocenters. The second-order valence-corrected chi connectivity index (χ2v) is 6.70. The summed E-state index contributed by atoms with van der Waals surface area (Å²) in [6.45, 7) is 7.64. The minimum Gasteiger partial charge on any atom is -0.341 e. The fourth-order valence-electron chi connectivity index (χ4n) is 3.41. The number of benzene rings is 1. The average Bonchev–Trinajstić information content (AvgIpc) is 2.33. The number of halogens is 1. The van der Waals surface area contributed by atoms with Gasteiger partial charge in [-0.05, 0) is 30.7 Å². The van der Waals surface area contributed by atoms with Gasteiger partial charge in [0, 0.05) is 36.6 Å². The Morgan fingerprint density at radius 1 is 1.20 bits per heavy atom. The lowest BCUT2D eigenvalue weighted by Crippen LogP contribution is -2.72. The van der Waals surface area contributed by atoms with Crippen LogP contribution in [0.25, 0.3) is 0 Å². The van der Waals surface area contributed by atoms with Crippen molar-refractivity contribution < 1.29 is 4.79 Å². The Bertz CT molecular complexity index is 486. The van der Waals surface area contributed by atoms with E-state index in [-0.39, 0.29) is 5.91 Å². The smallest absolute Gasteiger partial charge is 0.227 e. The van der Waals surface area contributed by atoms with E-state index in [1.807, 2.05) is 29.2 Å². The summed E-state index contributed by atoms with van der Waals surface area (Å²) in [6.07, 6.45) is 1.71. The zero-order chi connectivity index (χ0) is 14.2. The summed E-state index contributed by atoms with van der Waals surface area (Å²) in [4.78, 5) is 16.7. The molecule has 0 bridgehead atoms. The van der Waals surface area contributed by atoms with E-state index in [2.05, 4.69) is 11.8 Å². The molecular formula is C16H21ClN2O. The fraction of sp³-hybridized carbons (Fsp3) is 0.562. The Labute approximate surface area is 125 Å². The van der Waals surface area contributed by atoms with E-state index in [4.69, 9.17) is 11.6 Å². The van der Waals surface area contributed by atoms with Crippen LogP contribution in [0.1, 0.15) is 18.9 Å². The Balaban J connectivity index is 1.46. The SMILES string of the molecule is CCCN1CC2(C1)CN(C(=O)Cc1ccc(Cl)cc1)C2. The summed E-state index contributed by atoms with van der Waals surface area (Å²) in [5.74, 6) is 0.242. The van der Waals surface area contributed by atoms with Crippen LogP contribution in [-0.2, 0) is 11.2 Å². The average molecular weight is 293 g/mol. The van der Waals surface area contributed by atoms with Crippen LogP contribution in [-0.4, -0.2) is 48.4 Å². The molecule has 0 radical (unpaired) electrons. The van der Waals surface area contributed by atoms with E-state index >= 15 is 0 Å². The summed E-state index contributed by atoms with van der Waals surface area (Å²) in [6, 6.07) is 7.55. The standard InChI is InChI=1S/C16H21ClN2O/c1-2-7-18-9-16(10-18)11-19(12-16)15(20)8-13-3-5-14(17)6-4-13/h3-6H,2,7-12H2,1H3. The third kappa shape index (κ3) is 2.70. The molecule has 3 nitrogen and oxygen atoms in total. The van der Waals surface area contributed by atoms with Gasteiger partial charge in [0.05, 0.1) is 6.42 Å². The second kappa shape index (κ2) is 5.38. The van der Waals surface area contributed by atoms with Gasteiger partial charge in [-0.2, -0.15) is 0 Å². The van der Waals surface area contributed by atoms with Crippen LogP contribution in [0.5, 0.6) is 0 Å². The topological polar surface area (TPSA) is 23.6 Å².